The van der Waals surface area contributed by atoms with Crippen molar-refractivity contribution in [2.45, 2.75) is 45.5 Å². The Bertz CT molecular complexity index is 1170. The molecule has 3 amide bonds. The molecule has 13 heteroatoms. The Morgan fingerprint density at radius 2 is 1.66 bits per heavy atom. The number of hydrogen-bond acceptors (Lipinski definition) is 6. The van der Waals surface area contributed by atoms with Crippen molar-refractivity contribution >= 4 is 29.4 Å². The first kappa shape index (κ1) is 27.4. The number of hydrogen-bond donors (Lipinski definition) is 2. The van der Waals surface area contributed by atoms with Crippen LogP contribution in [0.25, 0.3) is 0 Å². The van der Waals surface area contributed by atoms with Gasteiger partial charge in [-0.25, -0.2) is 4.79 Å². The second-order valence-corrected chi connectivity index (χ2v) is 9.68. The van der Waals surface area contributed by atoms with Crippen LogP contribution in [0.3, 0.4) is 0 Å². The molecule has 1 aromatic carbocycles. The topological polar surface area (TPSA) is 103 Å². The van der Waals surface area contributed by atoms with Crippen molar-refractivity contribution in [2.75, 3.05) is 49.5 Å². The number of nitrogens with one attached hydrogen (secondary N) is 2. The Morgan fingerprint density at radius 3 is 2.26 bits per heavy atom. The van der Waals surface area contributed by atoms with Gasteiger partial charge in [0.05, 0.1) is 5.56 Å². The number of amides is 3. The highest BCUT2D eigenvalue weighted by Crippen LogP contribution is 2.35. The molecule has 0 aliphatic carbocycles. The zero-order valence-electron chi connectivity index (χ0n) is 21.4. The van der Waals surface area contributed by atoms with Crippen molar-refractivity contribution in [3.63, 3.8) is 0 Å². The highest BCUT2D eigenvalue weighted by Gasteiger charge is 2.33. The largest absolute Gasteiger partial charge is 0.416 e. The lowest BCUT2D eigenvalue weighted by Gasteiger charge is -2.37. The summed E-state index contributed by atoms with van der Waals surface area (Å²) < 4.78 is 41.7. The molecule has 4 rings (SSSR count). The highest BCUT2D eigenvalue weighted by atomic mass is 19.4. The van der Waals surface area contributed by atoms with Gasteiger partial charge >= 0.3 is 12.2 Å². The molecule has 0 radical (unpaired) electrons. The van der Waals surface area contributed by atoms with Crippen molar-refractivity contribution in [3.05, 3.63) is 41.6 Å². The van der Waals surface area contributed by atoms with Gasteiger partial charge in [0, 0.05) is 83.7 Å². The SMILES string of the molecule is CC(=O)Nc1ccn(C(=O)N2CCN(Cc3ccc(C(F)(F)F)cc3N3CCC(NC(C)=O)CC3)CC2)n1. The predicted octanol–water partition coefficient (Wildman–Crippen LogP) is 2.75. The van der Waals surface area contributed by atoms with E-state index in [1.165, 1.54) is 30.8 Å². The lowest BCUT2D eigenvalue weighted by Crippen LogP contribution is -2.49. The van der Waals surface area contributed by atoms with E-state index in [1.54, 1.807) is 17.0 Å². The van der Waals surface area contributed by atoms with E-state index in [2.05, 4.69) is 20.6 Å². The third-order valence-electron chi connectivity index (χ3n) is 6.78. The molecule has 0 bridgehead atoms. The van der Waals surface area contributed by atoms with Crippen LogP contribution >= 0.6 is 0 Å². The number of anilines is 2. The molecule has 0 spiro atoms. The van der Waals surface area contributed by atoms with Crippen molar-refractivity contribution in [1.82, 2.24) is 24.9 Å². The molecule has 0 atom stereocenters. The van der Waals surface area contributed by atoms with Crippen LogP contribution in [0.2, 0.25) is 0 Å². The molecule has 2 saturated heterocycles. The summed E-state index contributed by atoms with van der Waals surface area (Å²) in [7, 11) is 0. The Hall–Kier alpha value is -3.61. The minimum atomic E-state index is -4.44. The number of piperazine rings is 1. The first-order chi connectivity index (χ1) is 18.0. The fraction of sp³-hybridized carbons (Fsp3) is 0.520. The number of benzene rings is 1. The fourth-order valence-electron chi connectivity index (χ4n) is 4.88. The average Bonchev–Trinajstić information content (AvgIpc) is 3.31. The summed E-state index contributed by atoms with van der Waals surface area (Å²) >= 11 is 0. The number of carbonyl (C=O) groups excluding carboxylic acids is 3. The second-order valence-electron chi connectivity index (χ2n) is 9.68. The standard InChI is InChI=1S/C25H32F3N7O3/c1-17(36)29-21-5-8-33(9-6-21)22-15-20(25(26,27)28)4-3-19(22)16-32-11-13-34(14-12-32)24(38)35-10-7-23(31-35)30-18(2)37/h3-4,7,10,15,21H,5-6,8-9,11-14,16H2,1-2H3,(H,29,36)(H,30,31,37). The quantitative estimate of drug-likeness (QED) is 0.611. The maximum absolute atomic E-state index is 13.5. The Balaban J connectivity index is 1.41. The monoisotopic (exact) mass is 535 g/mol. The fourth-order valence-corrected chi connectivity index (χ4v) is 4.88. The van der Waals surface area contributed by atoms with Crippen LogP contribution in [-0.4, -0.2) is 82.7 Å². The van der Waals surface area contributed by atoms with Gasteiger partial charge in [0.15, 0.2) is 5.82 Å². The van der Waals surface area contributed by atoms with E-state index in [0.29, 0.717) is 70.2 Å². The normalized spacial score (nSPS) is 17.4. The van der Waals surface area contributed by atoms with Crippen molar-refractivity contribution in [3.8, 4) is 0 Å². The molecule has 206 valence electrons. The van der Waals surface area contributed by atoms with Crippen LogP contribution < -0.4 is 15.5 Å². The van der Waals surface area contributed by atoms with E-state index in [9.17, 15) is 27.6 Å². The molecule has 2 aliphatic rings. The number of halogens is 3. The van der Waals surface area contributed by atoms with Crippen molar-refractivity contribution in [1.29, 1.82) is 0 Å². The summed E-state index contributed by atoms with van der Waals surface area (Å²) in [5.41, 5.74) is 0.665. The molecular formula is C25H32F3N7O3. The lowest BCUT2D eigenvalue weighted by atomic mass is 10.0. The smallest absolute Gasteiger partial charge is 0.371 e. The number of alkyl halides is 3. The van der Waals surface area contributed by atoms with Crippen molar-refractivity contribution in [2.24, 2.45) is 0 Å². The van der Waals surface area contributed by atoms with Gasteiger partial charge in [-0.15, -0.1) is 5.10 Å². The molecule has 38 heavy (non-hydrogen) atoms. The van der Waals surface area contributed by atoms with Gasteiger partial charge in [0.1, 0.15) is 0 Å². The van der Waals surface area contributed by atoms with Gasteiger partial charge in [-0.1, -0.05) is 6.07 Å². The number of rotatable bonds is 5. The molecule has 0 saturated carbocycles. The second kappa shape index (κ2) is 11.4. The average molecular weight is 536 g/mol. The predicted molar refractivity (Wildman–Crippen MR) is 135 cm³/mol. The minimum Gasteiger partial charge on any atom is -0.371 e. The molecule has 2 N–H and O–H groups in total. The third-order valence-corrected chi connectivity index (χ3v) is 6.78. The van der Waals surface area contributed by atoms with E-state index >= 15 is 0 Å². The van der Waals surface area contributed by atoms with E-state index in [1.807, 2.05) is 4.90 Å². The zero-order chi connectivity index (χ0) is 27.4. The summed E-state index contributed by atoms with van der Waals surface area (Å²) in [6, 6.07) is 5.14. The molecule has 2 aromatic rings. The Morgan fingerprint density at radius 1 is 0.974 bits per heavy atom. The first-order valence-electron chi connectivity index (χ1n) is 12.6. The molecule has 3 heterocycles. The Labute approximate surface area is 218 Å². The molecule has 2 aliphatic heterocycles. The van der Waals surface area contributed by atoms with E-state index in [0.717, 1.165) is 11.6 Å². The summed E-state index contributed by atoms with van der Waals surface area (Å²) in [5.74, 6) is -0.0990. The van der Waals surface area contributed by atoms with Crippen LogP contribution in [0.5, 0.6) is 0 Å². The summed E-state index contributed by atoms with van der Waals surface area (Å²) in [6.45, 7) is 6.34. The van der Waals surface area contributed by atoms with Crippen LogP contribution in [0.1, 0.15) is 37.8 Å². The highest BCUT2D eigenvalue weighted by molar-refractivity contribution is 5.88. The molecular weight excluding hydrogens is 503 g/mol. The first-order valence-corrected chi connectivity index (χ1v) is 12.6. The summed E-state index contributed by atoms with van der Waals surface area (Å²) in [6.07, 6.45) is -1.64. The van der Waals surface area contributed by atoms with Gasteiger partial charge in [-0.3, -0.25) is 14.5 Å². The van der Waals surface area contributed by atoms with Crippen LogP contribution in [0, 0.1) is 0 Å². The van der Waals surface area contributed by atoms with Crippen molar-refractivity contribution < 1.29 is 27.6 Å². The number of carbonyl (C=O) groups is 3. The summed E-state index contributed by atoms with van der Waals surface area (Å²) in [4.78, 5) is 41.1. The van der Waals surface area contributed by atoms with Crippen LogP contribution in [0.4, 0.5) is 29.5 Å². The third kappa shape index (κ3) is 6.82. The van der Waals surface area contributed by atoms with Gasteiger partial charge in [0.2, 0.25) is 11.8 Å². The van der Waals surface area contributed by atoms with Gasteiger partial charge in [-0.05, 0) is 30.5 Å². The molecule has 10 nitrogen and oxygen atoms in total. The van der Waals surface area contributed by atoms with Gasteiger partial charge in [-0.2, -0.15) is 17.9 Å². The Kier molecular flexibility index (Phi) is 8.24. The maximum Gasteiger partial charge on any atom is 0.416 e. The van der Waals surface area contributed by atoms with E-state index < -0.39 is 11.7 Å². The lowest BCUT2D eigenvalue weighted by molar-refractivity contribution is -0.137. The van der Waals surface area contributed by atoms with E-state index in [-0.39, 0.29) is 23.9 Å². The number of nitrogens with zero attached hydrogens (tertiary/aromatic N) is 5. The minimum absolute atomic E-state index is 0.0210. The maximum atomic E-state index is 13.5. The molecule has 0 unspecified atom stereocenters. The zero-order valence-corrected chi connectivity index (χ0v) is 21.4. The molecule has 2 fully saturated rings. The van der Waals surface area contributed by atoms with Crippen LogP contribution in [0.15, 0.2) is 30.5 Å². The van der Waals surface area contributed by atoms with Crippen LogP contribution in [-0.2, 0) is 22.3 Å². The van der Waals surface area contributed by atoms with E-state index in [4.69, 9.17) is 0 Å². The number of aromatic nitrogens is 2. The number of piperidine rings is 1. The van der Waals surface area contributed by atoms with Gasteiger partial charge < -0.3 is 20.4 Å². The molecule has 1 aromatic heterocycles. The summed E-state index contributed by atoms with van der Waals surface area (Å²) in [5, 5.41) is 9.51. The van der Waals surface area contributed by atoms with Gasteiger partial charge in [0.25, 0.3) is 0 Å².